The fraction of sp³-hybridized carbons (Fsp3) is 0.188. The maximum absolute atomic E-state index is 8.76. The molecule has 0 radical (unpaired) electrons. The van der Waals surface area contributed by atoms with Crippen molar-refractivity contribution in [3.8, 4) is 6.07 Å². The summed E-state index contributed by atoms with van der Waals surface area (Å²) in [5.74, 6) is 0. The van der Waals surface area contributed by atoms with E-state index in [1.54, 1.807) is 0 Å². The molecule has 0 saturated heterocycles. The minimum absolute atomic E-state index is 0.683. The number of rotatable bonds is 4. The van der Waals surface area contributed by atoms with Gasteiger partial charge in [0.15, 0.2) is 0 Å². The lowest BCUT2D eigenvalue weighted by atomic mass is 10.1. The summed E-state index contributed by atoms with van der Waals surface area (Å²) in [6.07, 6.45) is 2.20. The Labute approximate surface area is 108 Å². The summed E-state index contributed by atoms with van der Waals surface area (Å²) in [7, 11) is 0. The third-order valence-electron chi connectivity index (χ3n) is 2.83. The molecular formula is C16H16N2. The van der Waals surface area contributed by atoms with Gasteiger partial charge >= 0.3 is 0 Å². The Morgan fingerprint density at radius 1 is 1.06 bits per heavy atom. The number of nitriles is 1. The molecule has 2 rings (SSSR count). The molecule has 0 aromatic heterocycles. The average molecular weight is 236 g/mol. The van der Waals surface area contributed by atoms with Gasteiger partial charge in [-0.3, -0.25) is 0 Å². The van der Waals surface area contributed by atoms with Crippen LogP contribution >= 0.6 is 0 Å². The third-order valence-corrected chi connectivity index (χ3v) is 2.83. The maximum Gasteiger partial charge on any atom is 0.0991 e. The van der Waals surface area contributed by atoms with Crippen molar-refractivity contribution < 1.29 is 0 Å². The first-order valence-corrected chi connectivity index (χ1v) is 6.18. The highest BCUT2D eigenvalue weighted by Gasteiger charge is 2.01. The van der Waals surface area contributed by atoms with Gasteiger partial charge in [0.05, 0.1) is 11.6 Å². The molecule has 0 bridgehead atoms. The van der Waals surface area contributed by atoms with Gasteiger partial charge in [-0.05, 0) is 42.3 Å². The molecule has 0 heterocycles. The number of benzene rings is 2. The van der Waals surface area contributed by atoms with Crippen LogP contribution < -0.4 is 5.32 Å². The van der Waals surface area contributed by atoms with E-state index in [2.05, 4.69) is 36.5 Å². The number of hydrogen-bond acceptors (Lipinski definition) is 2. The molecule has 0 atom stereocenters. The predicted molar refractivity (Wildman–Crippen MR) is 74.9 cm³/mol. The summed E-state index contributed by atoms with van der Waals surface area (Å²) >= 11 is 0. The molecule has 2 heteroatoms. The van der Waals surface area contributed by atoms with Gasteiger partial charge in [-0.2, -0.15) is 5.26 Å². The van der Waals surface area contributed by atoms with Crippen LogP contribution in [0.15, 0.2) is 48.5 Å². The molecular weight excluding hydrogens is 220 g/mol. The number of nitrogens with one attached hydrogen (secondary N) is 1. The Morgan fingerprint density at radius 2 is 1.78 bits per heavy atom. The van der Waals surface area contributed by atoms with Crippen molar-refractivity contribution in [2.75, 3.05) is 5.32 Å². The zero-order valence-corrected chi connectivity index (χ0v) is 10.5. The average Bonchev–Trinajstić information content (AvgIpc) is 2.42. The molecule has 0 aliphatic carbocycles. The predicted octanol–water partition coefficient (Wildman–Crippen LogP) is 4.25. The fourth-order valence-corrected chi connectivity index (χ4v) is 1.91. The van der Waals surface area contributed by atoms with Crippen LogP contribution in [0.5, 0.6) is 0 Å². The van der Waals surface area contributed by atoms with E-state index in [1.807, 2.05) is 30.3 Å². The third kappa shape index (κ3) is 2.89. The Morgan fingerprint density at radius 3 is 2.44 bits per heavy atom. The van der Waals surface area contributed by atoms with Crippen molar-refractivity contribution in [3.63, 3.8) is 0 Å². The zero-order chi connectivity index (χ0) is 12.8. The summed E-state index contributed by atoms with van der Waals surface area (Å²) in [5.41, 5.74) is 4.16. The first-order valence-electron chi connectivity index (χ1n) is 6.18. The van der Waals surface area contributed by atoms with Gasteiger partial charge in [0.25, 0.3) is 0 Å². The summed E-state index contributed by atoms with van der Waals surface area (Å²) < 4.78 is 0. The second-order valence-corrected chi connectivity index (χ2v) is 4.22. The molecule has 2 aromatic carbocycles. The van der Waals surface area contributed by atoms with E-state index in [0.717, 1.165) is 24.2 Å². The lowest BCUT2D eigenvalue weighted by Crippen LogP contribution is -1.95. The lowest BCUT2D eigenvalue weighted by molar-refractivity contribution is 0.923. The van der Waals surface area contributed by atoms with Crippen LogP contribution in [-0.4, -0.2) is 0 Å². The molecule has 2 aromatic rings. The summed E-state index contributed by atoms with van der Waals surface area (Å²) in [5, 5.41) is 12.2. The zero-order valence-electron chi connectivity index (χ0n) is 10.5. The first kappa shape index (κ1) is 12.2. The topological polar surface area (TPSA) is 35.8 Å². The molecule has 0 unspecified atom stereocenters. The van der Waals surface area contributed by atoms with Gasteiger partial charge in [0, 0.05) is 11.4 Å². The maximum atomic E-state index is 8.76. The van der Waals surface area contributed by atoms with Crippen molar-refractivity contribution >= 4 is 11.4 Å². The van der Waals surface area contributed by atoms with Crippen LogP contribution in [0.2, 0.25) is 0 Å². The quantitative estimate of drug-likeness (QED) is 0.861. The molecule has 18 heavy (non-hydrogen) atoms. The molecule has 2 nitrogen and oxygen atoms in total. The van der Waals surface area contributed by atoms with Gasteiger partial charge < -0.3 is 5.32 Å². The Balaban J connectivity index is 2.20. The second-order valence-electron chi connectivity index (χ2n) is 4.22. The van der Waals surface area contributed by atoms with Gasteiger partial charge in [-0.15, -0.1) is 0 Å². The van der Waals surface area contributed by atoms with Crippen molar-refractivity contribution in [1.82, 2.24) is 0 Å². The molecule has 0 amide bonds. The number of hydrogen-bond donors (Lipinski definition) is 1. The van der Waals surface area contributed by atoms with E-state index in [9.17, 15) is 0 Å². The van der Waals surface area contributed by atoms with Gasteiger partial charge in [-0.25, -0.2) is 0 Å². The Bertz CT molecular complexity index is 550. The minimum atomic E-state index is 0.683. The molecule has 0 aliphatic heterocycles. The number of anilines is 2. The number of para-hydroxylation sites is 1. The van der Waals surface area contributed by atoms with Gasteiger partial charge in [0.1, 0.15) is 0 Å². The monoisotopic (exact) mass is 236 g/mol. The van der Waals surface area contributed by atoms with E-state index in [1.165, 1.54) is 5.56 Å². The van der Waals surface area contributed by atoms with Crippen LogP contribution in [-0.2, 0) is 6.42 Å². The highest BCUT2D eigenvalue weighted by Crippen LogP contribution is 2.22. The SMILES string of the molecule is CCCc1ccccc1Nc1ccc(C#N)cc1. The van der Waals surface area contributed by atoms with Crippen molar-refractivity contribution in [3.05, 3.63) is 59.7 Å². The van der Waals surface area contributed by atoms with Crippen LogP contribution in [0.4, 0.5) is 11.4 Å². The van der Waals surface area contributed by atoms with Gasteiger partial charge in [0.2, 0.25) is 0 Å². The number of aryl methyl sites for hydroxylation is 1. The van der Waals surface area contributed by atoms with Crippen LogP contribution in [0, 0.1) is 11.3 Å². The first-order chi connectivity index (χ1) is 8.83. The lowest BCUT2D eigenvalue weighted by Gasteiger charge is -2.11. The summed E-state index contributed by atoms with van der Waals surface area (Å²) in [6, 6.07) is 18.0. The molecule has 0 fully saturated rings. The van der Waals surface area contributed by atoms with Crippen LogP contribution in [0.25, 0.3) is 0 Å². The summed E-state index contributed by atoms with van der Waals surface area (Å²) in [4.78, 5) is 0. The van der Waals surface area contributed by atoms with E-state index >= 15 is 0 Å². The van der Waals surface area contributed by atoms with E-state index in [0.29, 0.717) is 5.56 Å². The number of nitrogens with zero attached hydrogens (tertiary/aromatic N) is 1. The van der Waals surface area contributed by atoms with Gasteiger partial charge in [-0.1, -0.05) is 31.5 Å². The molecule has 90 valence electrons. The van der Waals surface area contributed by atoms with Crippen molar-refractivity contribution in [2.45, 2.75) is 19.8 Å². The van der Waals surface area contributed by atoms with Crippen molar-refractivity contribution in [2.24, 2.45) is 0 Å². The largest absolute Gasteiger partial charge is 0.355 e. The minimum Gasteiger partial charge on any atom is -0.355 e. The highest BCUT2D eigenvalue weighted by atomic mass is 14.9. The van der Waals surface area contributed by atoms with E-state index in [-0.39, 0.29) is 0 Å². The van der Waals surface area contributed by atoms with Crippen LogP contribution in [0.3, 0.4) is 0 Å². The Kier molecular flexibility index (Phi) is 3.98. The summed E-state index contributed by atoms with van der Waals surface area (Å²) in [6.45, 7) is 2.18. The molecule has 0 saturated carbocycles. The smallest absolute Gasteiger partial charge is 0.0991 e. The normalized spacial score (nSPS) is 9.78. The molecule has 1 N–H and O–H groups in total. The van der Waals surface area contributed by atoms with Crippen LogP contribution in [0.1, 0.15) is 24.5 Å². The highest BCUT2D eigenvalue weighted by molar-refractivity contribution is 5.63. The van der Waals surface area contributed by atoms with E-state index in [4.69, 9.17) is 5.26 Å². The van der Waals surface area contributed by atoms with Crippen molar-refractivity contribution in [1.29, 1.82) is 5.26 Å². The fourth-order valence-electron chi connectivity index (χ4n) is 1.91. The molecule has 0 aliphatic rings. The van der Waals surface area contributed by atoms with E-state index < -0.39 is 0 Å². The second kappa shape index (κ2) is 5.88. The standard InChI is InChI=1S/C16H16N2/c1-2-5-14-6-3-4-7-16(14)18-15-10-8-13(12-17)9-11-15/h3-4,6-11,18H,2,5H2,1H3. The Hall–Kier alpha value is -2.27. The molecule has 0 spiro atoms.